The molecule has 0 radical (unpaired) electrons. The van der Waals surface area contributed by atoms with Gasteiger partial charge in [0.15, 0.2) is 0 Å². The molecule has 4 heteroatoms. The minimum Gasteiger partial charge on any atom is -0.693 e. The van der Waals surface area contributed by atoms with Crippen LogP contribution in [0, 0.1) is 6.42 Å². The Labute approximate surface area is 118 Å². The average molecular weight is 328 g/mol. The molecule has 0 aliphatic heterocycles. The van der Waals surface area contributed by atoms with Crippen molar-refractivity contribution in [3.8, 4) is 0 Å². The summed E-state index contributed by atoms with van der Waals surface area (Å²) in [6.07, 6.45) is 5.04. The zero-order valence-electron chi connectivity index (χ0n) is 10.1. The molecule has 5 N–H and O–H groups in total. The molecular formula is C13H21N2OPd-3. The van der Waals surface area contributed by atoms with Gasteiger partial charge in [-0.2, -0.15) is 0 Å². The first-order chi connectivity index (χ1) is 6.71. The number of rotatable bonds is 1. The second-order valence-corrected chi connectivity index (χ2v) is 4.41. The summed E-state index contributed by atoms with van der Waals surface area (Å²) in [4.78, 5) is 0. The Morgan fingerprint density at radius 3 is 2.35 bits per heavy atom. The van der Waals surface area contributed by atoms with Gasteiger partial charge in [-0.15, -0.1) is 5.41 Å². The summed E-state index contributed by atoms with van der Waals surface area (Å²) in [6.45, 7) is 2.21. The molecule has 1 aromatic carbocycles. The molecule has 2 rings (SSSR count). The summed E-state index contributed by atoms with van der Waals surface area (Å²) >= 11 is 0. The normalized spacial score (nSPS) is 27.1. The maximum atomic E-state index is 9.65. The number of aliphatic hydroxyl groups excluding tert-OH is 1. The third-order valence-electron chi connectivity index (χ3n) is 3.19. The second-order valence-electron chi connectivity index (χ2n) is 4.41. The third-order valence-corrected chi connectivity index (χ3v) is 3.19. The molecule has 0 bridgehead atoms. The molecule has 17 heavy (non-hydrogen) atoms. The van der Waals surface area contributed by atoms with Crippen LogP contribution < -0.4 is 0 Å². The molecule has 1 aromatic rings. The van der Waals surface area contributed by atoms with Crippen molar-refractivity contribution < 1.29 is 25.5 Å². The molecule has 2 unspecified atom stereocenters. The zero-order valence-corrected chi connectivity index (χ0v) is 11.6. The minimum absolute atomic E-state index is 0. The molecule has 1 fully saturated rings. The van der Waals surface area contributed by atoms with Gasteiger partial charge in [0.2, 0.25) is 0 Å². The summed E-state index contributed by atoms with van der Waals surface area (Å²) in [5, 5.41) is 9.65. The largest absolute Gasteiger partial charge is 0.693 e. The molecule has 0 heterocycles. The summed E-state index contributed by atoms with van der Waals surface area (Å²) in [6, 6.07) is 10.5. The van der Waals surface area contributed by atoms with Crippen LogP contribution in [0.1, 0.15) is 31.7 Å². The fraction of sp³-hybridized carbons (Fsp3) is 0.462. The van der Waals surface area contributed by atoms with Gasteiger partial charge >= 0.3 is 0 Å². The molecule has 102 valence electrons. The van der Waals surface area contributed by atoms with Crippen LogP contribution in [-0.2, 0) is 25.8 Å². The Kier molecular flexibility index (Phi) is 8.96. The maximum absolute atomic E-state index is 9.65. The van der Waals surface area contributed by atoms with E-state index in [0.717, 1.165) is 19.3 Å². The first-order valence-corrected chi connectivity index (χ1v) is 5.30. The van der Waals surface area contributed by atoms with E-state index >= 15 is 0 Å². The molecule has 0 aromatic heterocycles. The smallest absolute Gasteiger partial charge is 0 e. The Morgan fingerprint density at radius 2 is 1.82 bits per heavy atom. The van der Waals surface area contributed by atoms with Crippen LogP contribution >= 0.6 is 0 Å². The molecule has 1 aliphatic rings. The van der Waals surface area contributed by atoms with Crippen LogP contribution in [0.5, 0.6) is 0 Å². The molecular weight excluding hydrogens is 307 g/mol. The Morgan fingerprint density at radius 1 is 1.24 bits per heavy atom. The van der Waals surface area contributed by atoms with E-state index in [1.807, 2.05) is 6.07 Å². The van der Waals surface area contributed by atoms with E-state index in [1.165, 1.54) is 5.56 Å². The molecule has 0 amide bonds. The van der Waals surface area contributed by atoms with Crippen molar-refractivity contribution in [1.29, 1.82) is 0 Å². The summed E-state index contributed by atoms with van der Waals surface area (Å²) in [7, 11) is 0. The van der Waals surface area contributed by atoms with Gasteiger partial charge in [0.25, 0.3) is 0 Å². The van der Waals surface area contributed by atoms with Crippen LogP contribution in [0.15, 0.2) is 30.3 Å². The number of hydrogen-bond donors (Lipinski definition) is 1. The van der Waals surface area contributed by atoms with Crippen molar-refractivity contribution in [3.05, 3.63) is 54.6 Å². The van der Waals surface area contributed by atoms with E-state index in [1.54, 1.807) is 0 Å². The van der Waals surface area contributed by atoms with Gasteiger partial charge in [-0.3, -0.25) is 6.42 Å². The van der Waals surface area contributed by atoms with Crippen molar-refractivity contribution in [3.63, 3.8) is 0 Å². The fourth-order valence-electron chi connectivity index (χ4n) is 2.33. The van der Waals surface area contributed by atoms with Crippen molar-refractivity contribution in [2.75, 3.05) is 0 Å². The van der Waals surface area contributed by atoms with Gasteiger partial charge in [-0.1, -0.05) is 68.2 Å². The van der Waals surface area contributed by atoms with Crippen LogP contribution in [0.25, 0.3) is 12.3 Å². The van der Waals surface area contributed by atoms with E-state index in [-0.39, 0.29) is 44.2 Å². The monoisotopic (exact) mass is 327 g/mol. The molecule has 0 spiro atoms. The molecule has 3 nitrogen and oxygen atoms in total. The number of benzene rings is 1. The Hall–Kier alpha value is -0.238. The zero-order chi connectivity index (χ0) is 10.0. The van der Waals surface area contributed by atoms with Crippen LogP contribution in [0.3, 0.4) is 0 Å². The van der Waals surface area contributed by atoms with E-state index in [4.69, 9.17) is 0 Å². The van der Waals surface area contributed by atoms with Gasteiger partial charge < -0.3 is 17.4 Å². The number of hydrogen-bond acceptors (Lipinski definition) is 1. The third kappa shape index (κ3) is 4.50. The summed E-state index contributed by atoms with van der Waals surface area (Å²) in [5.74, 6) is 0. The topological polar surface area (TPSA) is 87.2 Å². The van der Waals surface area contributed by atoms with E-state index < -0.39 is 0 Å². The summed E-state index contributed by atoms with van der Waals surface area (Å²) in [5.41, 5.74) is 1.39. The van der Waals surface area contributed by atoms with Crippen LogP contribution in [0.4, 0.5) is 0 Å². The maximum Gasteiger partial charge on any atom is 0 e. The predicted octanol–water partition coefficient (Wildman–Crippen LogP) is 4.13. The fourth-order valence-corrected chi connectivity index (χ4v) is 2.33. The molecule has 0 saturated heterocycles. The van der Waals surface area contributed by atoms with E-state index in [9.17, 15) is 5.11 Å². The Bertz CT molecular complexity index is 308. The van der Waals surface area contributed by atoms with E-state index in [0.29, 0.717) is 0 Å². The van der Waals surface area contributed by atoms with Crippen molar-refractivity contribution >= 4 is 0 Å². The van der Waals surface area contributed by atoms with Crippen LogP contribution in [0.2, 0.25) is 0 Å². The first-order valence-electron chi connectivity index (χ1n) is 5.30. The van der Waals surface area contributed by atoms with Crippen molar-refractivity contribution in [2.24, 2.45) is 0 Å². The number of nitrogens with two attached hydrogens (primary N) is 2. The van der Waals surface area contributed by atoms with Gasteiger partial charge in [-0.05, 0) is 0 Å². The SMILES string of the molecule is CC1(c2ccccc2)[CH-]C(O)CCC1.[NH2-].[NH2-].[Pd]. The van der Waals surface area contributed by atoms with Crippen LogP contribution in [-0.4, -0.2) is 11.2 Å². The minimum atomic E-state index is -0.228. The van der Waals surface area contributed by atoms with Gasteiger partial charge in [-0.25, -0.2) is 0 Å². The predicted molar refractivity (Wildman–Crippen MR) is 68.5 cm³/mol. The van der Waals surface area contributed by atoms with Gasteiger partial charge in [0.05, 0.1) is 0 Å². The quantitative estimate of drug-likeness (QED) is 0.610. The first kappa shape index (κ1) is 19.1. The molecule has 1 aliphatic carbocycles. The van der Waals surface area contributed by atoms with Gasteiger partial charge in [0, 0.05) is 20.4 Å². The standard InChI is InChI=1S/C13H17O.2H2N.Pd/c1-13(9-5-8-12(14)10-13)11-6-3-2-4-7-11;;;/h2-4,6-7,10,12,14H,5,8-9H2,1H3;2*1H2;/q3*-1;. The van der Waals surface area contributed by atoms with Gasteiger partial charge in [0.1, 0.15) is 0 Å². The van der Waals surface area contributed by atoms with Crippen molar-refractivity contribution in [1.82, 2.24) is 0 Å². The molecule has 1 saturated carbocycles. The number of aliphatic hydroxyl groups is 1. The van der Waals surface area contributed by atoms with E-state index in [2.05, 4.69) is 37.6 Å². The average Bonchev–Trinajstić information content (AvgIpc) is 2.19. The van der Waals surface area contributed by atoms with Crippen molar-refractivity contribution in [2.45, 2.75) is 37.7 Å². The Balaban J connectivity index is 0. The molecule has 2 atom stereocenters. The second kappa shape index (κ2) is 7.97. The summed E-state index contributed by atoms with van der Waals surface area (Å²) < 4.78 is 0.